The predicted octanol–water partition coefficient (Wildman–Crippen LogP) is 3.41. The molecular weight excluding hydrogens is 288 g/mol. The number of esters is 1. The van der Waals surface area contributed by atoms with Crippen LogP contribution < -0.4 is 11.1 Å². The van der Waals surface area contributed by atoms with Crippen LogP contribution in [0.2, 0.25) is 0 Å². The number of thiophene rings is 1. The number of nitrogens with two attached hydrogens (primary N) is 1. The highest BCUT2D eigenvalue weighted by Crippen LogP contribution is 2.37. The molecule has 0 saturated carbocycles. The summed E-state index contributed by atoms with van der Waals surface area (Å²) < 4.78 is 4.78. The molecule has 0 aliphatic heterocycles. The van der Waals surface area contributed by atoms with Crippen LogP contribution in [0.25, 0.3) is 0 Å². The lowest BCUT2D eigenvalue weighted by molar-refractivity contribution is 0.0603. The van der Waals surface area contributed by atoms with Gasteiger partial charge in [-0.25, -0.2) is 4.79 Å². The largest absolute Gasteiger partial charge is 0.465 e. The van der Waals surface area contributed by atoms with E-state index in [4.69, 9.17) is 10.5 Å². The second-order valence-corrected chi connectivity index (χ2v) is 6.69. The van der Waals surface area contributed by atoms with Crippen LogP contribution in [0.3, 0.4) is 0 Å². The summed E-state index contributed by atoms with van der Waals surface area (Å²) in [5.41, 5.74) is 6.49. The van der Waals surface area contributed by atoms with Crippen molar-refractivity contribution in [2.24, 2.45) is 11.8 Å². The minimum Gasteiger partial charge on any atom is -0.465 e. The second-order valence-electron chi connectivity index (χ2n) is 5.67. The van der Waals surface area contributed by atoms with E-state index < -0.39 is 5.97 Å². The molecule has 0 radical (unpaired) electrons. The zero-order valence-electron chi connectivity index (χ0n) is 13.3. The van der Waals surface area contributed by atoms with Crippen molar-refractivity contribution in [3.63, 3.8) is 0 Å². The topological polar surface area (TPSA) is 81.4 Å². The first kappa shape index (κ1) is 17.5. The first-order valence-electron chi connectivity index (χ1n) is 7.08. The number of carbonyl (C=O) groups excluding carboxylic acids is 2. The van der Waals surface area contributed by atoms with E-state index >= 15 is 0 Å². The van der Waals surface area contributed by atoms with Gasteiger partial charge in [0.2, 0.25) is 0 Å². The van der Waals surface area contributed by atoms with E-state index in [1.165, 1.54) is 18.4 Å². The van der Waals surface area contributed by atoms with Crippen molar-refractivity contribution in [1.82, 2.24) is 0 Å². The second kappa shape index (κ2) is 7.45. The molecule has 118 valence electrons. The van der Waals surface area contributed by atoms with Crippen LogP contribution >= 0.6 is 11.3 Å². The van der Waals surface area contributed by atoms with Gasteiger partial charge in [-0.05, 0) is 12.3 Å². The van der Waals surface area contributed by atoms with Gasteiger partial charge in [-0.15, -0.1) is 11.3 Å². The fourth-order valence-corrected chi connectivity index (χ4v) is 3.01. The number of ketones is 1. The standard InChI is InChI=1S/C15H24N2O3S/c1-8(2)6-7-17-14-10(15(19)20-5)11(16)13(21-14)12(18)9(3)4/h8-9,17H,6-7,16H2,1-5H3. The van der Waals surface area contributed by atoms with Crippen LogP contribution in [0.4, 0.5) is 10.7 Å². The zero-order chi connectivity index (χ0) is 16.2. The molecule has 0 atom stereocenters. The Bertz CT molecular complexity index is 521. The molecule has 5 nitrogen and oxygen atoms in total. The van der Waals surface area contributed by atoms with Gasteiger partial charge >= 0.3 is 5.97 Å². The molecule has 3 N–H and O–H groups in total. The van der Waals surface area contributed by atoms with E-state index in [-0.39, 0.29) is 23.0 Å². The summed E-state index contributed by atoms with van der Waals surface area (Å²) in [6.07, 6.45) is 0.964. The number of hydrogen-bond donors (Lipinski definition) is 2. The molecule has 0 bridgehead atoms. The smallest absolute Gasteiger partial charge is 0.343 e. The molecule has 0 aliphatic rings. The number of Topliss-reactive ketones (excluding diaryl/α,β-unsaturated/α-hetero) is 1. The predicted molar refractivity (Wildman–Crippen MR) is 87.2 cm³/mol. The average Bonchev–Trinajstić information content (AvgIpc) is 2.73. The molecule has 0 amide bonds. The summed E-state index contributed by atoms with van der Waals surface area (Å²) in [7, 11) is 1.31. The fraction of sp³-hybridized carbons (Fsp3) is 0.600. The minimum absolute atomic E-state index is 0.0560. The minimum atomic E-state index is -0.515. The van der Waals surface area contributed by atoms with Gasteiger partial charge < -0.3 is 15.8 Å². The van der Waals surface area contributed by atoms with Crippen LogP contribution in [0.15, 0.2) is 0 Å². The molecule has 1 heterocycles. The number of methoxy groups -OCH3 is 1. The van der Waals surface area contributed by atoms with Gasteiger partial charge in [-0.1, -0.05) is 27.7 Å². The van der Waals surface area contributed by atoms with Gasteiger partial charge in [0, 0.05) is 12.5 Å². The third kappa shape index (κ3) is 4.20. The van der Waals surface area contributed by atoms with Crippen LogP contribution in [-0.4, -0.2) is 25.4 Å². The van der Waals surface area contributed by atoms with Crippen molar-refractivity contribution in [3.8, 4) is 0 Å². The average molecular weight is 312 g/mol. The maximum absolute atomic E-state index is 12.2. The number of ether oxygens (including phenoxy) is 1. The van der Waals surface area contributed by atoms with Gasteiger partial charge in [0.15, 0.2) is 5.78 Å². The van der Waals surface area contributed by atoms with Gasteiger partial charge in [0.05, 0.1) is 17.7 Å². The SMILES string of the molecule is COC(=O)c1c(NCCC(C)C)sc(C(=O)C(C)C)c1N. The summed E-state index contributed by atoms with van der Waals surface area (Å²) in [6.45, 7) is 8.59. The lowest BCUT2D eigenvalue weighted by Crippen LogP contribution is -2.11. The molecule has 0 spiro atoms. The normalized spacial score (nSPS) is 11.0. The van der Waals surface area contributed by atoms with Crippen LogP contribution in [0.5, 0.6) is 0 Å². The van der Waals surface area contributed by atoms with E-state index in [0.717, 1.165) is 13.0 Å². The maximum atomic E-state index is 12.2. The Kier molecular flexibility index (Phi) is 6.20. The van der Waals surface area contributed by atoms with Crippen LogP contribution in [0.1, 0.15) is 54.1 Å². The summed E-state index contributed by atoms with van der Waals surface area (Å²) in [6, 6.07) is 0. The molecule has 0 fully saturated rings. The first-order valence-corrected chi connectivity index (χ1v) is 7.89. The number of anilines is 2. The molecule has 1 aromatic rings. The molecule has 1 aromatic heterocycles. The first-order chi connectivity index (χ1) is 9.79. The van der Waals surface area contributed by atoms with Crippen molar-refractivity contribution in [3.05, 3.63) is 10.4 Å². The van der Waals surface area contributed by atoms with Gasteiger partial charge in [0.25, 0.3) is 0 Å². The van der Waals surface area contributed by atoms with E-state index in [1.54, 1.807) is 0 Å². The highest BCUT2D eigenvalue weighted by molar-refractivity contribution is 7.19. The molecule has 0 unspecified atom stereocenters. The van der Waals surface area contributed by atoms with Gasteiger partial charge in [0.1, 0.15) is 10.6 Å². The molecule has 0 saturated heterocycles. The van der Waals surface area contributed by atoms with Crippen molar-refractivity contribution in [2.75, 3.05) is 24.7 Å². The molecular formula is C15H24N2O3S. The number of hydrogen-bond acceptors (Lipinski definition) is 6. The maximum Gasteiger partial charge on any atom is 0.343 e. The summed E-state index contributed by atoms with van der Waals surface area (Å²) >= 11 is 1.23. The lowest BCUT2D eigenvalue weighted by atomic mass is 10.1. The third-order valence-electron chi connectivity index (χ3n) is 3.09. The highest BCUT2D eigenvalue weighted by Gasteiger charge is 2.27. The quantitative estimate of drug-likeness (QED) is 0.595. The third-order valence-corrected chi connectivity index (χ3v) is 4.27. The van der Waals surface area contributed by atoms with Gasteiger partial charge in [-0.2, -0.15) is 0 Å². The molecule has 0 aromatic carbocycles. The zero-order valence-corrected chi connectivity index (χ0v) is 14.1. The van der Waals surface area contributed by atoms with Crippen molar-refractivity contribution in [2.45, 2.75) is 34.1 Å². The van der Waals surface area contributed by atoms with Crippen molar-refractivity contribution < 1.29 is 14.3 Å². The summed E-state index contributed by atoms with van der Waals surface area (Å²) in [5.74, 6) is -0.189. The van der Waals surface area contributed by atoms with E-state index in [0.29, 0.717) is 15.8 Å². The van der Waals surface area contributed by atoms with Crippen LogP contribution in [-0.2, 0) is 4.74 Å². The fourth-order valence-electron chi connectivity index (χ4n) is 1.79. The lowest BCUT2D eigenvalue weighted by Gasteiger charge is -2.08. The molecule has 0 aliphatic carbocycles. The Morgan fingerprint density at radius 2 is 1.90 bits per heavy atom. The monoisotopic (exact) mass is 312 g/mol. The van der Waals surface area contributed by atoms with E-state index in [9.17, 15) is 9.59 Å². The van der Waals surface area contributed by atoms with E-state index in [2.05, 4.69) is 19.2 Å². The van der Waals surface area contributed by atoms with Gasteiger partial charge in [-0.3, -0.25) is 4.79 Å². The number of carbonyl (C=O) groups is 2. The summed E-state index contributed by atoms with van der Waals surface area (Å²) in [5, 5.41) is 3.82. The molecule has 1 rings (SSSR count). The number of nitrogens with one attached hydrogen (secondary N) is 1. The highest BCUT2D eigenvalue weighted by atomic mass is 32.1. The number of nitrogen functional groups attached to an aromatic ring is 1. The Hall–Kier alpha value is -1.56. The summed E-state index contributed by atoms with van der Waals surface area (Å²) in [4.78, 5) is 24.5. The Labute approximate surface area is 129 Å². The van der Waals surface area contributed by atoms with E-state index in [1.807, 2.05) is 13.8 Å². The Morgan fingerprint density at radius 3 is 2.38 bits per heavy atom. The van der Waals surface area contributed by atoms with Crippen molar-refractivity contribution in [1.29, 1.82) is 0 Å². The van der Waals surface area contributed by atoms with Crippen LogP contribution in [0, 0.1) is 11.8 Å². The number of rotatable bonds is 7. The molecule has 21 heavy (non-hydrogen) atoms. The Morgan fingerprint density at radius 1 is 1.29 bits per heavy atom. The van der Waals surface area contributed by atoms with Crippen molar-refractivity contribution >= 4 is 33.8 Å². The molecule has 6 heteroatoms. The Balaban J connectivity index is 3.12.